The largest absolute Gasteiger partial charge is 0.397 e. The van der Waals surface area contributed by atoms with Gasteiger partial charge in [0.15, 0.2) is 5.96 Å². The van der Waals surface area contributed by atoms with Crippen molar-refractivity contribution >= 4 is 57.1 Å². The number of benzene rings is 1. The second-order valence-corrected chi connectivity index (χ2v) is 8.90. The first-order valence-electron chi connectivity index (χ1n) is 9.19. The quantitative estimate of drug-likeness (QED) is 0.653. The predicted octanol–water partition coefficient (Wildman–Crippen LogP) is 3.72. The molecule has 29 heavy (non-hydrogen) atoms. The van der Waals surface area contributed by atoms with Gasteiger partial charge < -0.3 is 26.4 Å². The van der Waals surface area contributed by atoms with E-state index in [9.17, 15) is 4.79 Å². The fourth-order valence-electron chi connectivity index (χ4n) is 3.71. The Balaban J connectivity index is 1.79. The highest BCUT2D eigenvalue weighted by Crippen LogP contribution is 2.47. The summed E-state index contributed by atoms with van der Waals surface area (Å²) in [6.45, 7) is 1.33. The van der Waals surface area contributed by atoms with Crippen molar-refractivity contribution in [1.29, 1.82) is 0 Å². The molecule has 1 aromatic carbocycles. The highest BCUT2D eigenvalue weighted by molar-refractivity contribution is 7.19. The number of halogens is 2. The van der Waals surface area contributed by atoms with E-state index in [-0.39, 0.29) is 12.1 Å². The van der Waals surface area contributed by atoms with Crippen LogP contribution in [0.2, 0.25) is 10.0 Å². The zero-order valence-electron chi connectivity index (χ0n) is 15.7. The molecule has 2 aliphatic rings. The van der Waals surface area contributed by atoms with Crippen molar-refractivity contribution in [2.45, 2.75) is 25.0 Å². The van der Waals surface area contributed by atoms with Crippen LogP contribution in [0, 0.1) is 0 Å². The van der Waals surface area contributed by atoms with E-state index in [0.29, 0.717) is 33.1 Å². The minimum atomic E-state index is -0.558. The van der Waals surface area contributed by atoms with Gasteiger partial charge in [0.1, 0.15) is 9.88 Å². The maximum atomic E-state index is 11.9. The SMILES string of the molecule is CN1C(=NCC2CCCO2)Nc2sc(C(N)=O)c(N)c2C1c1ccc(Cl)c(Cl)c1. The van der Waals surface area contributed by atoms with Crippen molar-refractivity contribution in [3.05, 3.63) is 44.2 Å². The summed E-state index contributed by atoms with van der Waals surface area (Å²) in [4.78, 5) is 18.9. The number of guanidine groups is 1. The molecule has 3 heterocycles. The van der Waals surface area contributed by atoms with E-state index in [1.54, 1.807) is 12.1 Å². The fourth-order valence-corrected chi connectivity index (χ4v) is 5.02. The molecule has 0 bridgehead atoms. The smallest absolute Gasteiger partial charge is 0.260 e. The van der Waals surface area contributed by atoms with Crippen LogP contribution in [0.3, 0.4) is 0 Å². The second-order valence-electron chi connectivity index (χ2n) is 7.06. The number of carbonyl (C=O) groups excluding carboxylic acids is 1. The first-order valence-corrected chi connectivity index (χ1v) is 10.8. The molecule has 1 saturated heterocycles. The minimum Gasteiger partial charge on any atom is -0.397 e. The van der Waals surface area contributed by atoms with Gasteiger partial charge in [-0.1, -0.05) is 29.3 Å². The number of carbonyl (C=O) groups is 1. The number of thiophene rings is 1. The van der Waals surface area contributed by atoms with Crippen molar-refractivity contribution in [2.24, 2.45) is 10.7 Å². The van der Waals surface area contributed by atoms with Gasteiger partial charge in [-0.2, -0.15) is 0 Å². The number of fused-ring (bicyclic) bond motifs is 1. The van der Waals surface area contributed by atoms with Crippen molar-refractivity contribution in [3.63, 3.8) is 0 Å². The first kappa shape index (κ1) is 20.3. The summed E-state index contributed by atoms with van der Waals surface area (Å²) in [5, 5.41) is 4.96. The van der Waals surface area contributed by atoms with Gasteiger partial charge in [0.2, 0.25) is 0 Å². The lowest BCUT2D eigenvalue weighted by Crippen LogP contribution is -2.41. The summed E-state index contributed by atoms with van der Waals surface area (Å²) in [6.07, 6.45) is 2.18. The maximum Gasteiger partial charge on any atom is 0.260 e. The van der Waals surface area contributed by atoms with Crippen molar-refractivity contribution in [1.82, 2.24) is 4.90 Å². The van der Waals surface area contributed by atoms with Crippen molar-refractivity contribution < 1.29 is 9.53 Å². The normalized spacial score (nSPS) is 22.6. The third-order valence-electron chi connectivity index (χ3n) is 5.16. The van der Waals surface area contributed by atoms with Crippen LogP contribution in [0.4, 0.5) is 10.7 Å². The molecule has 0 spiro atoms. The molecule has 5 N–H and O–H groups in total. The molecule has 1 aromatic heterocycles. The molecular formula is C19H21Cl2N5O2S. The Bertz CT molecular complexity index is 987. The number of nitrogens with two attached hydrogens (primary N) is 2. The van der Waals surface area contributed by atoms with E-state index >= 15 is 0 Å². The molecule has 4 rings (SSSR count). The summed E-state index contributed by atoms with van der Waals surface area (Å²) in [7, 11) is 1.92. The Morgan fingerprint density at radius 1 is 1.41 bits per heavy atom. The van der Waals surface area contributed by atoms with Gasteiger partial charge >= 0.3 is 0 Å². The molecule has 0 aliphatic carbocycles. The van der Waals surface area contributed by atoms with Gasteiger partial charge in [-0.3, -0.25) is 9.79 Å². The fraction of sp³-hybridized carbons (Fsp3) is 0.368. The number of aliphatic imine (C=N–C) groups is 1. The zero-order chi connectivity index (χ0) is 20.7. The highest BCUT2D eigenvalue weighted by Gasteiger charge is 2.36. The molecule has 1 amide bonds. The summed E-state index contributed by atoms with van der Waals surface area (Å²) >= 11 is 13.6. The van der Waals surface area contributed by atoms with Crippen LogP contribution < -0.4 is 16.8 Å². The van der Waals surface area contributed by atoms with E-state index in [2.05, 4.69) is 5.32 Å². The molecular weight excluding hydrogens is 433 g/mol. The molecule has 0 radical (unpaired) electrons. The Morgan fingerprint density at radius 3 is 2.86 bits per heavy atom. The Morgan fingerprint density at radius 2 is 2.21 bits per heavy atom. The van der Waals surface area contributed by atoms with Crippen LogP contribution in [0.25, 0.3) is 0 Å². The average Bonchev–Trinajstić information content (AvgIpc) is 3.31. The number of rotatable bonds is 4. The van der Waals surface area contributed by atoms with Crippen molar-refractivity contribution in [3.8, 4) is 0 Å². The van der Waals surface area contributed by atoms with E-state index in [1.165, 1.54) is 11.3 Å². The lowest BCUT2D eigenvalue weighted by Gasteiger charge is -2.36. The van der Waals surface area contributed by atoms with Crippen LogP contribution >= 0.6 is 34.5 Å². The zero-order valence-corrected chi connectivity index (χ0v) is 18.1. The second kappa shape index (κ2) is 8.02. The van der Waals surface area contributed by atoms with Crippen LogP contribution in [0.1, 0.15) is 39.7 Å². The van der Waals surface area contributed by atoms with Gasteiger partial charge in [0.05, 0.1) is 34.4 Å². The summed E-state index contributed by atoms with van der Waals surface area (Å²) < 4.78 is 5.68. The number of primary amides is 1. The molecule has 2 aromatic rings. The molecule has 2 unspecified atom stereocenters. The van der Waals surface area contributed by atoms with E-state index in [4.69, 9.17) is 44.4 Å². The van der Waals surface area contributed by atoms with Gasteiger partial charge in [0.25, 0.3) is 5.91 Å². The Kier molecular flexibility index (Phi) is 5.61. The topological polar surface area (TPSA) is 106 Å². The number of nitrogen functional groups attached to an aromatic ring is 1. The van der Waals surface area contributed by atoms with Crippen LogP contribution in [0.5, 0.6) is 0 Å². The number of hydrogen-bond acceptors (Lipinski definition) is 5. The molecule has 10 heteroatoms. The molecule has 7 nitrogen and oxygen atoms in total. The molecule has 2 aliphatic heterocycles. The molecule has 1 fully saturated rings. The van der Waals surface area contributed by atoms with Gasteiger partial charge in [-0.05, 0) is 30.5 Å². The lowest BCUT2D eigenvalue weighted by atomic mass is 9.96. The highest BCUT2D eigenvalue weighted by atomic mass is 35.5. The van der Waals surface area contributed by atoms with Crippen LogP contribution in [-0.2, 0) is 4.74 Å². The minimum absolute atomic E-state index is 0.122. The Labute approximate surface area is 182 Å². The van der Waals surface area contributed by atoms with Gasteiger partial charge in [-0.25, -0.2) is 0 Å². The van der Waals surface area contributed by atoms with Crippen LogP contribution in [0.15, 0.2) is 23.2 Å². The van der Waals surface area contributed by atoms with Gasteiger partial charge in [-0.15, -0.1) is 11.3 Å². The number of ether oxygens (including phenoxy) is 1. The molecule has 154 valence electrons. The standard InChI is InChI=1S/C19H21Cl2N5O2S/c1-26-15(9-4-5-11(20)12(21)7-9)13-14(22)16(17(23)27)29-18(13)25-19(26)24-8-10-3-2-6-28-10/h4-5,7,10,15H,2-3,6,8,22H2,1H3,(H2,23,27)(H,24,25). The maximum absolute atomic E-state index is 11.9. The van der Waals surface area contributed by atoms with E-state index < -0.39 is 5.91 Å². The van der Waals surface area contributed by atoms with Gasteiger partial charge in [0, 0.05) is 19.2 Å². The summed E-state index contributed by atoms with van der Waals surface area (Å²) in [6, 6.07) is 5.14. The molecule has 2 atom stereocenters. The Hall–Kier alpha value is -2.00. The summed E-state index contributed by atoms with van der Waals surface area (Å²) in [5.74, 6) is 0.110. The summed E-state index contributed by atoms with van der Waals surface area (Å²) in [5.41, 5.74) is 13.9. The van der Waals surface area contributed by atoms with Crippen molar-refractivity contribution in [2.75, 3.05) is 31.2 Å². The lowest BCUT2D eigenvalue weighted by molar-refractivity contribution is 0.100. The van der Waals surface area contributed by atoms with E-state index in [1.807, 2.05) is 18.0 Å². The number of nitrogens with zero attached hydrogens (tertiary/aromatic N) is 2. The number of nitrogens with one attached hydrogen (secondary N) is 1. The van der Waals surface area contributed by atoms with Crippen LogP contribution in [-0.4, -0.2) is 43.1 Å². The third-order valence-corrected chi connectivity index (χ3v) is 7.05. The molecule has 0 saturated carbocycles. The number of anilines is 2. The monoisotopic (exact) mass is 453 g/mol. The first-order chi connectivity index (χ1) is 13.9. The predicted molar refractivity (Wildman–Crippen MR) is 118 cm³/mol. The third kappa shape index (κ3) is 3.77. The number of hydrogen-bond donors (Lipinski definition) is 3. The van der Waals surface area contributed by atoms with E-state index in [0.717, 1.165) is 35.6 Å². The average molecular weight is 454 g/mol. The number of amides is 1.